The normalized spacial score (nSPS) is 11.2. The summed E-state index contributed by atoms with van der Waals surface area (Å²) in [7, 11) is 0. The van der Waals surface area contributed by atoms with Crippen molar-refractivity contribution in [1.29, 1.82) is 0 Å². The topological polar surface area (TPSA) is 98.8 Å². The summed E-state index contributed by atoms with van der Waals surface area (Å²) in [6.07, 6.45) is 0. The summed E-state index contributed by atoms with van der Waals surface area (Å²) in [5, 5.41) is 3.74. The number of hydrogen-bond donors (Lipinski definition) is 0. The molecule has 0 fully saturated rings. The van der Waals surface area contributed by atoms with Gasteiger partial charge in [-0.2, -0.15) is 0 Å². The number of carbonyl (C=O) groups excluding carboxylic acids is 2. The van der Waals surface area contributed by atoms with Gasteiger partial charge in [0, 0.05) is 0 Å². The van der Waals surface area contributed by atoms with Crippen LogP contribution in [-0.4, -0.2) is 91.2 Å². The van der Waals surface area contributed by atoms with Gasteiger partial charge in [0.15, 0.2) is 0 Å². The Morgan fingerprint density at radius 3 is 1.05 bits per heavy atom. The smallest absolute Gasteiger partial charge is 0.338 e. The first kappa shape index (κ1) is 32.1. The molecule has 0 heterocycles. The summed E-state index contributed by atoms with van der Waals surface area (Å²) in [5.41, 5.74) is 1.10. The van der Waals surface area contributed by atoms with Crippen molar-refractivity contribution in [3.63, 3.8) is 0 Å². The summed E-state index contributed by atoms with van der Waals surface area (Å²) >= 11 is 0. The largest absolute Gasteiger partial charge is 0.460 e. The number of benzene rings is 4. The number of ether oxygens (including phenoxy) is 7. The van der Waals surface area contributed by atoms with Gasteiger partial charge in [-0.3, -0.25) is 0 Å². The molecule has 0 saturated carbocycles. The molecule has 0 atom stereocenters. The monoisotopic (exact) mass is 590 g/mol. The molecule has 43 heavy (non-hydrogen) atoms. The van der Waals surface area contributed by atoms with Crippen molar-refractivity contribution in [1.82, 2.24) is 0 Å². The lowest BCUT2D eigenvalue weighted by molar-refractivity contribution is -0.0180. The second kappa shape index (κ2) is 18.6. The van der Waals surface area contributed by atoms with Crippen molar-refractivity contribution < 1.29 is 42.7 Å². The Bertz CT molecular complexity index is 1300. The van der Waals surface area contributed by atoms with E-state index in [1.807, 2.05) is 72.8 Å². The number of hydrogen-bond acceptors (Lipinski definition) is 9. The number of fused-ring (bicyclic) bond motifs is 2. The molecule has 0 aliphatic heterocycles. The average molecular weight is 591 g/mol. The fraction of sp³-hybridized carbons (Fsp3) is 0.353. The first-order valence-corrected chi connectivity index (χ1v) is 14.4. The van der Waals surface area contributed by atoms with Crippen LogP contribution < -0.4 is 0 Å². The number of esters is 2. The summed E-state index contributed by atoms with van der Waals surface area (Å²) in [5.74, 6) is -0.720. The lowest BCUT2D eigenvalue weighted by atomic mass is 10.1. The standard InChI is InChI=1S/C34H38O9/c35-33(31-13-5-9-27-7-1-3-11-29(27)31)42-25-23-40-21-19-38-17-15-37-16-18-39-20-22-41-24-26-43-34(36)32-14-6-10-28-8-2-4-12-30(28)32/h1-14H,15-26H2. The molecular weight excluding hydrogens is 552 g/mol. The van der Waals surface area contributed by atoms with E-state index >= 15 is 0 Å². The molecule has 9 nitrogen and oxygen atoms in total. The zero-order chi connectivity index (χ0) is 30.0. The maximum atomic E-state index is 12.4. The summed E-state index contributed by atoms with van der Waals surface area (Å²) in [6.45, 7) is 4.38. The molecule has 0 saturated heterocycles. The Labute approximate surface area is 251 Å². The van der Waals surface area contributed by atoms with Crippen LogP contribution in [0, 0.1) is 0 Å². The number of carbonyl (C=O) groups is 2. The third-order valence-electron chi connectivity index (χ3n) is 6.43. The van der Waals surface area contributed by atoms with Crippen molar-refractivity contribution in [2.75, 3.05) is 79.3 Å². The summed E-state index contributed by atoms with van der Waals surface area (Å²) < 4.78 is 38.0. The molecule has 228 valence electrons. The maximum Gasteiger partial charge on any atom is 0.338 e. The van der Waals surface area contributed by atoms with Crippen LogP contribution in [-0.2, 0) is 33.2 Å². The van der Waals surface area contributed by atoms with Crippen molar-refractivity contribution >= 4 is 33.5 Å². The first-order chi connectivity index (χ1) is 21.2. The van der Waals surface area contributed by atoms with E-state index < -0.39 is 0 Å². The Hall–Kier alpha value is -3.86. The summed E-state index contributed by atoms with van der Waals surface area (Å²) in [4.78, 5) is 24.8. The maximum absolute atomic E-state index is 12.4. The van der Waals surface area contributed by atoms with Crippen molar-refractivity contribution in [3.8, 4) is 0 Å². The fourth-order valence-electron chi connectivity index (χ4n) is 4.33. The van der Waals surface area contributed by atoms with Gasteiger partial charge >= 0.3 is 11.9 Å². The van der Waals surface area contributed by atoms with Crippen LogP contribution in [0.1, 0.15) is 20.7 Å². The molecule has 0 radical (unpaired) electrons. The molecular formula is C34H38O9. The van der Waals surface area contributed by atoms with Crippen LogP contribution in [0.5, 0.6) is 0 Å². The molecule has 4 rings (SSSR count). The van der Waals surface area contributed by atoms with Crippen LogP contribution in [0.3, 0.4) is 0 Å². The molecule has 0 spiro atoms. The van der Waals surface area contributed by atoms with Crippen molar-refractivity contribution in [2.24, 2.45) is 0 Å². The van der Waals surface area contributed by atoms with Crippen LogP contribution in [0.4, 0.5) is 0 Å². The SMILES string of the molecule is O=C(OCCOCCOCCOCCOCCOCCOC(=O)c1cccc2ccccc12)c1cccc2ccccc12. The molecule has 0 N–H and O–H groups in total. The molecule has 0 unspecified atom stereocenters. The molecule has 0 aliphatic rings. The van der Waals surface area contributed by atoms with Gasteiger partial charge in [-0.15, -0.1) is 0 Å². The van der Waals surface area contributed by atoms with Crippen LogP contribution in [0.25, 0.3) is 21.5 Å². The van der Waals surface area contributed by atoms with E-state index in [2.05, 4.69) is 0 Å². The Morgan fingerprint density at radius 1 is 0.372 bits per heavy atom. The van der Waals surface area contributed by atoms with E-state index in [0.717, 1.165) is 21.5 Å². The highest BCUT2D eigenvalue weighted by atomic mass is 16.6. The predicted molar refractivity (Wildman–Crippen MR) is 163 cm³/mol. The first-order valence-electron chi connectivity index (χ1n) is 14.4. The molecule has 0 bridgehead atoms. The van der Waals surface area contributed by atoms with Gasteiger partial charge in [-0.05, 0) is 33.7 Å². The van der Waals surface area contributed by atoms with Gasteiger partial charge in [-0.25, -0.2) is 9.59 Å². The number of rotatable bonds is 20. The highest BCUT2D eigenvalue weighted by molar-refractivity contribution is 6.05. The van der Waals surface area contributed by atoms with Gasteiger partial charge in [0.2, 0.25) is 0 Å². The molecule has 4 aromatic carbocycles. The molecule has 0 aromatic heterocycles. The zero-order valence-electron chi connectivity index (χ0n) is 24.2. The molecule has 0 aliphatic carbocycles. The Morgan fingerprint density at radius 2 is 0.674 bits per heavy atom. The lowest BCUT2D eigenvalue weighted by Crippen LogP contribution is -2.15. The average Bonchev–Trinajstić information content (AvgIpc) is 3.05. The van der Waals surface area contributed by atoms with Crippen LogP contribution in [0.2, 0.25) is 0 Å². The van der Waals surface area contributed by atoms with Crippen molar-refractivity contribution in [3.05, 3.63) is 96.1 Å². The van der Waals surface area contributed by atoms with E-state index in [4.69, 9.17) is 33.2 Å². The highest BCUT2D eigenvalue weighted by Gasteiger charge is 2.12. The van der Waals surface area contributed by atoms with Gasteiger partial charge in [0.25, 0.3) is 0 Å². The third kappa shape index (κ3) is 10.7. The zero-order valence-corrected chi connectivity index (χ0v) is 24.2. The Balaban J connectivity index is 0.894. The van der Waals surface area contributed by atoms with Gasteiger partial charge in [0.05, 0.1) is 77.2 Å². The van der Waals surface area contributed by atoms with Crippen LogP contribution >= 0.6 is 0 Å². The van der Waals surface area contributed by atoms with E-state index in [1.54, 1.807) is 12.1 Å². The minimum absolute atomic E-state index is 0.176. The van der Waals surface area contributed by atoms with Gasteiger partial charge in [0.1, 0.15) is 13.2 Å². The molecule has 0 amide bonds. The Kier molecular flexibility index (Phi) is 13.9. The summed E-state index contributed by atoms with van der Waals surface area (Å²) in [6, 6.07) is 26.6. The highest BCUT2D eigenvalue weighted by Crippen LogP contribution is 2.20. The van der Waals surface area contributed by atoms with Gasteiger partial charge in [-0.1, -0.05) is 72.8 Å². The minimum atomic E-state index is -0.360. The van der Waals surface area contributed by atoms with E-state index in [0.29, 0.717) is 77.2 Å². The second-order valence-electron chi connectivity index (χ2n) is 9.39. The molecule has 4 aromatic rings. The predicted octanol–water partition coefficient (Wildman–Crippen LogP) is 5.09. The minimum Gasteiger partial charge on any atom is -0.460 e. The van der Waals surface area contributed by atoms with Gasteiger partial charge < -0.3 is 33.2 Å². The van der Waals surface area contributed by atoms with Crippen LogP contribution in [0.15, 0.2) is 84.9 Å². The van der Waals surface area contributed by atoms with Crippen molar-refractivity contribution in [2.45, 2.75) is 0 Å². The third-order valence-corrected chi connectivity index (χ3v) is 6.43. The molecule has 9 heteroatoms. The van der Waals surface area contributed by atoms with E-state index in [-0.39, 0.29) is 25.2 Å². The van der Waals surface area contributed by atoms with E-state index in [1.165, 1.54) is 0 Å². The lowest BCUT2D eigenvalue weighted by Gasteiger charge is -2.09. The quantitative estimate of drug-likeness (QED) is 0.103. The van der Waals surface area contributed by atoms with E-state index in [9.17, 15) is 9.59 Å². The second-order valence-corrected chi connectivity index (χ2v) is 9.39. The fourth-order valence-corrected chi connectivity index (χ4v) is 4.33.